The largest absolute Gasteiger partial charge is 0.393 e. The van der Waals surface area contributed by atoms with Gasteiger partial charge in [-0.1, -0.05) is 42.9 Å². The van der Waals surface area contributed by atoms with Crippen LogP contribution in [0.3, 0.4) is 0 Å². The molecule has 0 radical (unpaired) electrons. The Bertz CT molecular complexity index is 805. The van der Waals surface area contributed by atoms with Crippen LogP contribution in [0.1, 0.15) is 91.4 Å². The molecule has 0 heterocycles. The third-order valence-corrected chi connectivity index (χ3v) is 8.68. The molecule has 3 heteroatoms. The van der Waals surface area contributed by atoms with Crippen LogP contribution in [-0.4, -0.2) is 33.1 Å². The fourth-order valence-electron chi connectivity index (χ4n) is 6.77. The first-order valence-electron chi connectivity index (χ1n) is 12.4. The lowest BCUT2D eigenvalue weighted by Gasteiger charge is -2.43. The van der Waals surface area contributed by atoms with E-state index in [2.05, 4.69) is 31.7 Å². The Hall–Kier alpha value is -1.16. The van der Waals surface area contributed by atoms with Gasteiger partial charge in [0.15, 0.2) is 0 Å². The van der Waals surface area contributed by atoms with Gasteiger partial charge in [0.1, 0.15) is 0 Å². The molecule has 3 saturated carbocycles. The molecule has 0 aromatic rings. The second-order valence-corrected chi connectivity index (χ2v) is 11.7. The molecule has 4 aliphatic rings. The lowest BCUT2D eigenvalue weighted by atomic mass is 9.61. The summed E-state index contributed by atoms with van der Waals surface area (Å²) in [6, 6.07) is 0. The number of aliphatic hydroxyl groups excluding tert-OH is 2. The van der Waals surface area contributed by atoms with Crippen LogP contribution in [0, 0.1) is 16.7 Å². The summed E-state index contributed by atoms with van der Waals surface area (Å²) in [5.74, 6) is 0.576. The van der Waals surface area contributed by atoms with Crippen molar-refractivity contribution in [1.82, 2.24) is 0 Å². The molecule has 0 spiro atoms. The van der Waals surface area contributed by atoms with E-state index in [9.17, 15) is 15.3 Å². The lowest BCUT2D eigenvalue weighted by molar-refractivity contribution is 0.0663. The van der Waals surface area contributed by atoms with Gasteiger partial charge in [-0.2, -0.15) is 0 Å². The van der Waals surface area contributed by atoms with Gasteiger partial charge in [0.2, 0.25) is 0 Å². The van der Waals surface area contributed by atoms with Gasteiger partial charge in [0.25, 0.3) is 0 Å². The quantitative estimate of drug-likeness (QED) is 0.473. The van der Waals surface area contributed by atoms with Crippen LogP contribution in [-0.2, 0) is 0 Å². The van der Waals surface area contributed by atoms with E-state index in [1.165, 1.54) is 37.7 Å². The summed E-state index contributed by atoms with van der Waals surface area (Å²) in [6.45, 7) is 10.4. The van der Waals surface area contributed by atoms with Gasteiger partial charge < -0.3 is 15.3 Å². The topological polar surface area (TPSA) is 60.7 Å². The molecular weight excluding hydrogens is 384 g/mol. The first-order chi connectivity index (χ1) is 14.5. The van der Waals surface area contributed by atoms with Crippen molar-refractivity contribution in [3.8, 4) is 0 Å². The first kappa shape index (κ1) is 23.0. The predicted molar refractivity (Wildman–Crippen MR) is 127 cm³/mol. The molecule has 0 saturated heterocycles. The fraction of sp³-hybridized carbons (Fsp3) is 0.714. The molecule has 0 amide bonds. The van der Waals surface area contributed by atoms with Crippen molar-refractivity contribution < 1.29 is 15.3 Å². The molecule has 3 fully saturated rings. The Morgan fingerprint density at radius 2 is 1.94 bits per heavy atom. The van der Waals surface area contributed by atoms with Crippen molar-refractivity contribution >= 4 is 0 Å². The Morgan fingerprint density at radius 3 is 2.61 bits per heavy atom. The van der Waals surface area contributed by atoms with Crippen molar-refractivity contribution in [3.63, 3.8) is 0 Å². The van der Waals surface area contributed by atoms with Gasteiger partial charge in [0.05, 0.1) is 17.8 Å². The van der Waals surface area contributed by atoms with Crippen LogP contribution in [0.5, 0.6) is 0 Å². The van der Waals surface area contributed by atoms with Gasteiger partial charge >= 0.3 is 0 Å². The zero-order chi connectivity index (χ0) is 22.4. The molecule has 0 aromatic carbocycles. The summed E-state index contributed by atoms with van der Waals surface area (Å²) in [5.41, 5.74) is 5.11. The van der Waals surface area contributed by atoms with Crippen molar-refractivity contribution in [2.45, 2.75) is 109 Å². The summed E-state index contributed by atoms with van der Waals surface area (Å²) in [6.07, 6.45) is 17.5. The highest BCUT2D eigenvalue weighted by molar-refractivity contribution is 5.42. The number of rotatable bonds is 6. The molecule has 4 aliphatic carbocycles. The molecule has 4 rings (SSSR count). The van der Waals surface area contributed by atoms with Crippen LogP contribution in [0.2, 0.25) is 0 Å². The van der Waals surface area contributed by atoms with E-state index < -0.39 is 17.8 Å². The molecule has 31 heavy (non-hydrogen) atoms. The first-order valence-corrected chi connectivity index (χ1v) is 12.4. The second kappa shape index (κ2) is 8.32. The highest BCUT2D eigenvalue weighted by atomic mass is 16.3. The second-order valence-electron chi connectivity index (χ2n) is 11.7. The number of aliphatic hydroxyl groups is 3. The monoisotopic (exact) mass is 426 g/mol. The zero-order valence-electron chi connectivity index (χ0n) is 19.8. The van der Waals surface area contributed by atoms with Crippen molar-refractivity contribution in [3.05, 3.63) is 47.1 Å². The molecule has 0 aromatic heterocycles. The molecule has 0 aliphatic heterocycles. The van der Waals surface area contributed by atoms with Gasteiger partial charge in [0, 0.05) is 6.42 Å². The molecular formula is C28H42O3. The summed E-state index contributed by atoms with van der Waals surface area (Å²) >= 11 is 0. The summed E-state index contributed by atoms with van der Waals surface area (Å²) in [4.78, 5) is 0. The average Bonchev–Trinajstić information content (AvgIpc) is 3.35. The van der Waals surface area contributed by atoms with Crippen LogP contribution >= 0.6 is 0 Å². The highest BCUT2D eigenvalue weighted by Crippen LogP contribution is 2.67. The standard InChI is InChI=1S/C28H42O3/c1-19-21(17-22(29)18-24(19)30)9-8-20-7-5-13-27(4)23(20)10-11-25(27)28(15-16-28)14-6-12-26(2,3)31/h8-9,11,22-24,29-31H,1,5-7,10,12-18H2,2-4H3/b20-8+,21-9-/t22-,23+,24+,27+/m1/s1. The number of allylic oxidation sites excluding steroid dienone is 5. The van der Waals surface area contributed by atoms with Crippen LogP contribution in [0.15, 0.2) is 47.1 Å². The normalized spacial score (nSPS) is 37.8. The number of hydrogen-bond acceptors (Lipinski definition) is 3. The molecule has 0 bridgehead atoms. The van der Waals surface area contributed by atoms with E-state index in [-0.39, 0.29) is 5.41 Å². The van der Waals surface area contributed by atoms with E-state index in [0.717, 1.165) is 36.8 Å². The Morgan fingerprint density at radius 1 is 1.19 bits per heavy atom. The summed E-state index contributed by atoms with van der Waals surface area (Å²) in [5, 5.41) is 30.3. The number of hydrogen-bond donors (Lipinski definition) is 3. The van der Waals surface area contributed by atoms with Crippen LogP contribution in [0.4, 0.5) is 0 Å². The maximum atomic E-state index is 10.2. The predicted octanol–water partition coefficient (Wildman–Crippen LogP) is 5.77. The fourth-order valence-corrected chi connectivity index (χ4v) is 6.77. The van der Waals surface area contributed by atoms with Crippen molar-refractivity contribution in [2.75, 3.05) is 0 Å². The van der Waals surface area contributed by atoms with E-state index in [0.29, 0.717) is 24.2 Å². The van der Waals surface area contributed by atoms with Crippen molar-refractivity contribution in [1.29, 1.82) is 0 Å². The third-order valence-electron chi connectivity index (χ3n) is 8.68. The molecule has 172 valence electrons. The highest BCUT2D eigenvalue weighted by Gasteiger charge is 2.56. The molecule has 3 nitrogen and oxygen atoms in total. The Kier molecular flexibility index (Phi) is 6.17. The zero-order valence-corrected chi connectivity index (χ0v) is 19.8. The maximum absolute atomic E-state index is 10.2. The van der Waals surface area contributed by atoms with Crippen LogP contribution < -0.4 is 0 Å². The smallest absolute Gasteiger partial charge is 0.0811 e. The van der Waals surface area contributed by atoms with Gasteiger partial charge in [-0.25, -0.2) is 0 Å². The Balaban J connectivity index is 1.49. The minimum Gasteiger partial charge on any atom is -0.393 e. The Labute approximate surface area is 188 Å². The maximum Gasteiger partial charge on any atom is 0.0811 e. The minimum atomic E-state index is -0.622. The van der Waals surface area contributed by atoms with E-state index in [1.807, 2.05) is 13.8 Å². The van der Waals surface area contributed by atoms with E-state index in [4.69, 9.17) is 0 Å². The molecule has 0 unspecified atom stereocenters. The molecule has 4 atom stereocenters. The average molecular weight is 427 g/mol. The molecule has 3 N–H and O–H groups in total. The van der Waals surface area contributed by atoms with Crippen molar-refractivity contribution in [2.24, 2.45) is 16.7 Å². The summed E-state index contributed by atoms with van der Waals surface area (Å²) in [7, 11) is 0. The van der Waals surface area contributed by atoms with E-state index in [1.54, 1.807) is 5.57 Å². The van der Waals surface area contributed by atoms with Crippen LogP contribution in [0.25, 0.3) is 0 Å². The van der Waals surface area contributed by atoms with E-state index >= 15 is 0 Å². The minimum absolute atomic E-state index is 0.260. The lowest BCUT2D eigenvalue weighted by Crippen LogP contribution is -2.33. The summed E-state index contributed by atoms with van der Waals surface area (Å²) < 4.78 is 0. The van der Waals surface area contributed by atoms with Gasteiger partial charge in [-0.3, -0.25) is 0 Å². The van der Waals surface area contributed by atoms with Gasteiger partial charge in [-0.05, 0) is 106 Å². The third kappa shape index (κ3) is 4.65. The number of fused-ring (bicyclic) bond motifs is 1. The SMILES string of the molecule is C=C1/C(=C\C=C2/CCC[C@]3(C)C(C4(CCCC(C)(C)O)CC4)=CC[C@@H]23)C[C@@H](O)C[C@@H]1O. The van der Waals surface area contributed by atoms with Gasteiger partial charge in [-0.15, -0.1) is 0 Å².